The third kappa shape index (κ3) is 10.6. The molecule has 20 heteroatoms. The second-order valence-corrected chi connectivity index (χ2v) is 14.2. The van der Waals surface area contributed by atoms with E-state index < -0.39 is 92.7 Å². The highest BCUT2D eigenvalue weighted by atomic mass is 32.2. The molecular weight excluding hydrogens is 706 g/mol. The minimum Gasteiger partial charge on any atom is -0.462 e. The second-order valence-electron chi connectivity index (χ2n) is 11.5. The van der Waals surface area contributed by atoms with Crippen LogP contribution in [0.3, 0.4) is 0 Å². The van der Waals surface area contributed by atoms with E-state index in [-0.39, 0.29) is 12.2 Å². The minimum atomic E-state index is -4.44. The number of hydrogen-bond donors (Lipinski definition) is 3. The number of rotatable bonds is 17. The molecule has 1 aromatic heterocycles. The van der Waals surface area contributed by atoms with Gasteiger partial charge in [0.15, 0.2) is 18.6 Å². The summed E-state index contributed by atoms with van der Waals surface area (Å²) in [5.74, 6) is -1.17. The Morgan fingerprint density at radius 1 is 1.14 bits per heavy atom. The number of aromatic nitrogens is 2. The van der Waals surface area contributed by atoms with E-state index in [1.807, 2.05) is 0 Å². The number of para-hydroxylation sites is 1. The number of nitrogens with one attached hydrogen (secondary N) is 2. The van der Waals surface area contributed by atoms with Crippen LogP contribution in [0, 0.1) is 0 Å². The highest BCUT2D eigenvalue weighted by Crippen LogP contribution is 2.47. The number of aliphatic hydroxyl groups excluding tert-OH is 1. The Balaban J connectivity index is 1.81. The van der Waals surface area contributed by atoms with Crippen LogP contribution in [0.2, 0.25) is 0 Å². The Morgan fingerprint density at radius 3 is 2.44 bits per heavy atom. The number of halogens is 1. The van der Waals surface area contributed by atoms with Crippen LogP contribution < -0.4 is 26.2 Å². The molecule has 0 spiro atoms. The molecule has 1 aliphatic heterocycles. The molecule has 0 aliphatic carbocycles. The summed E-state index contributed by atoms with van der Waals surface area (Å²) in [6.45, 7) is 3.91. The summed E-state index contributed by atoms with van der Waals surface area (Å²) in [6.07, 6.45) is -3.86. The third-order valence-electron chi connectivity index (χ3n) is 7.21. The predicted octanol–water partition coefficient (Wildman–Crippen LogP) is 2.11. The van der Waals surface area contributed by atoms with Gasteiger partial charge in [-0.25, -0.2) is 27.9 Å². The van der Waals surface area contributed by atoms with Gasteiger partial charge in [0, 0.05) is 12.3 Å². The van der Waals surface area contributed by atoms with Crippen molar-refractivity contribution in [1.29, 1.82) is 0 Å². The van der Waals surface area contributed by atoms with Crippen LogP contribution in [0.4, 0.5) is 9.18 Å². The van der Waals surface area contributed by atoms with Crippen molar-refractivity contribution in [2.24, 2.45) is 0 Å². The first kappa shape index (κ1) is 40.7. The molecule has 3 N–H and O–H groups in total. The number of thioether (sulfide) groups is 1. The molecule has 1 aromatic carbocycles. The molecule has 1 saturated heterocycles. The quantitative estimate of drug-likeness (QED) is 0.120. The summed E-state index contributed by atoms with van der Waals surface area (Å²) < 4.78 is 62.7. The molecule has 0 radical (unpaired) electrons. The molecular formula is C30H42FN4O13PS. The van der Waals surface area contributed by atoms with Gasteiger partial charge in [-0.05, 0) is 58.3 Å². The molecule has 1 amide bonds. The zero-order chi connectivity index (χ0) is 37.2. The van der Waals surface area contributed by atoms with Gasteiger partial charge < -0.3 is 33.9 Å². The third-order valence-corrected chi connectivity index (χ3v) is 9.50. The van der Waals surface area contributed by atoms with Crippen LogP contribution in [0.1, 0.15) is 40.3 Å². The van der Waals surface area contributed by atoms with Crippen molar-refractivity contribution in [3.8, 4) is 5.75 Å². The van der Waals surface area contributed by atoms with Gasteiger partial charge in [0.05, 0.1) is 19.8 Å². The molecule has 1 unspecified atom stereocenters. The molecule has 2 aromatic rings. The number of carbonyl (C=O) groups excluding carboxylic acids is 3. The molecule has 2 heterocycles. The van der Waals surface area contributed by atoms with Gasteiger partial charge >= 0.3 is 31.5 Å². The maximum absolute atomic E-state index is 16.1. The van der Waals surface area contributed by atoms with Crippen LogP contribution in [-0.4, -0.2) is 94.1 Å². The number of carbonyl (C=O) groups is 3. The number of benzene rings is 1. The van der Waals surface area contributed by atoms with Gasteiger partial charge in [-0.15, -0.1) is 0 Å². The molecule has 3 rings (SSSR count). The van der Waals surface area contributed by atoms with Crippen LogP contribution in [0.15, 0.2) is 52.2 Å². The Hall–Kier alpha value is -3.74. The zero-order valence-electron chi connectivity index (χ0n) is 28.3. The Kier molecular flexibility index (Phi) is 14.6. The van der Waals surface area contributed by atoms with Gasteiger partial charge in [0.25, 0.3) is 5.56 Å². The smallest absolute Gasteiger partial charge is 0.459 e. The van der Waals surface area contributed by atoms with Crippen LogP contribution in [0.25, 0.3) is 0 Å². The van der Waals surface area contributed by atoms with Gasteiger partial charge in [0.2, 0.25) is 0 Å². The van der Waals surface area contributed by atoms with Crippen molar-refractivity contribution in [3.05, 3.63) is 63.4 Å². The number of esters is 2. The van der Waals surface area contributed by atoms with E-state index in [1.54, 1.807) is 38.3 Å². The lowest BCUT2D eigenvalue weighted by molar-refractivity contribution is -0.150. The average Bonchev–Trinajstić information content (AvgIpc) is 3.28. The number of alkyl halides is 1. The molecule has 1 aliphatic rings. The lowest BCUT2D eigenvalue weighted by Gasteiger charge is -2.26. The number of alkyl carbamates (subject to hydrolysis) is 1. The molecule has 17 nitrogen and oxygen atoms in total. The largest absolute Gasteiger partial charge is 0.462 e. The first-order chi connectivity index (χ1) is 23.5. The molecule has 1 fully saturated rings. The first-order valence-electron chi connectivity index (χ1n) is 15.3. The number of ether oxygens (including phenoxy) is 4. The molecule has 50 heavy (non-hydrogen) atoms. The second kappa shape index (κ2) is 18.0. The summed E-state index contributed by atoms with van der Waals surface area (Å²) in [5, 5.41) is 15.7. The van der Waals surface area contributed by atoms with Gasteiger partial charge in [-0.3, -0.25) is 18.7 Å². The van der Waals surface area contributed by atoms with E-state index in [0.717, 1.165) is 26.3 Å². The van der Waals surface area contributed by atoms with Crippen molar-refractivity contribution < 1.29 is 56.4 Å². The topological polar surface area (TPSA) is 212 Å². The van der Waals surface area contributed by atoms with Crippen LogP contribution >= 0.6 is 19.5 Å². The number of amides is 1. The number of aliphatic hydroxyl groups is 1. The molecule has 7 atom stereocenters. The van der Waals surface area contributed by atoms with E-state index in [9.17, 15) is 33.6 Å². The maximum Gasteiger partial charge on any atom is 0.459 e. The van der Waals surface area contributed by atoms with Gasteiger partial charge in [0.1, 0.15) is 30.0 Å². The van der Waals surface area contributed by atoms with Crippen molar-refractivity contribution in [1.82, 2.24) is 19.5 Å². The number of hydrogen-bond acceptors (Lipinski definition) is 14. The monoisotopic (exact) mass is 748 g/mol. The summed E-state index contributed by atoms with van der Waals surface area (Å²) in [7, 11) is -3.33. The zero-order valence-corrected chi connectivity index (χ0v) is 30.0. The van der Waals surface area contributed by atoms with Crippen LogP contribution in [-0.2, 0) is 44.4 Å². The summed E-state index contributed by atoms with van der Waals surface area (Å²) >= 11 is 1.40. The highest BCUT2D eigenvalue weighted by Gasteiger charge is 2.56. The Morgan fingerprint density at radius 2 is 1.82 bits per heavy atom. The first-order valence-corrected chi connectivity index (χ1v) is 18.3. The fourth-order valence-corrected chi connectivity index (χ4v) is 6.57. The van der Waals surface area contributed by atoms with E-state index in [4.69, 9.17) is 23.3 Å². The fourth-order valence-electron chi connectivity index (χ4n) is 4.60. The van der Waals surface area contributed by atoms with E-state index >= 15 is 4.39 Å². The standard InChI is InChI=1S/C30H42FN4O13PS/c1-18(2)46-25(38)19(3)33-49(42,48-20-10-8-7-9-11-20)45-16-22-24(37)30(4,31)27(47-22)34-14-12-23(36)35(29(34)41)17-44-26(39)21(13-15-50-6)32-28(40)43-5/h7-12,14,18-19,21-22,24,27,37H,13,15-17H2,1-6H3,(H,32,40)(H,33,42)/t19-,21-,22+,24+,27+,30+,49?/m0/s1. The maximum atomic E-state index is 16.1. The van der Waals surface area contributed by atoms with Crippen molar-refractivity contribution in [2.75, 3.05) is 25.7 Å². The summed E-state index contributed by atoms with van der Waals surface area (Å²) in [4.78, 5) is 62.9. The van der Waals surface area contributed by atoms with E-state index in [1.165, 1.54) is 30.8 Å². The lowest BCUT2D eigenvalue weighted by Crippen LogP contribution is -2.47. The van der Waals surface area contributed by atoms with Gasteiger partial charge in [-0.2, -0.15) is 16.8 Å². The average molecular weight is 749 g/mol. The fraction of sp³-hybridized carbons (Fsp3) is 0.567. The Bertz CT molecular complexity index is 1640. The minimum absolute atomic E-state index is 0.0972. The van der Waals surface area contributed by atoms with Crippen molar-refractivity contribution >= 4 is 37.5 Å². The summed E-state index contributed by atoms with van der Waals surface area (Å²) in [6, 6.07) is 6.38. The van der Waals surface area contributed by atoms with Crippen LogP contribution in [0.5, 0.6) is 5.75 Å². The highest BCUT2D eigenvalue weighted by molar-refractivity contribution is 7.98. The normalized spacial score (nSPS) is 22.6. The summed E-state index contributed by atoms with van der Waals surface area (Å²) in [5.41, 5.74) is -4.75. The predicted molar refractivity (Wildman–Crippen MR) is 177 cm³/mol. The van der Waals surface area contributed by atoms with Crippen molar-refractivity contribution in [3.63, 3.8) is 0 Å². The molecule has 0 saturated carbocycles. The Labute approximate surface area is 291 Å². The van der Waals surface area contributed by atoms with E-state index in [2.05, 4.69) is 15.1 Å². The molecule has 278 valence electrons. The lowest BCUT2D eigenvalue weighted by atomic mass is 9.98. The molecule has 0 bridgehead atoms. The number of methoxy groups -OCH3 is 1. The van der Waals surface area contributed by atoms with E-state index in [0.29, 0.717) is 14.9 Å². The van der Waals surface area contributed by atoms with Crippen molar-refractivity contribution in [2.45, 2.75) is 83.1 Å². The number of nitrogens with zero attached hydrogens (tertiary/aromatic N) is 2. The van der Waals surface area contributed by atoms with Gasteiger partial charge in [-0.1, -0.05) is 18.2 Å². The SMILES string of the molecule is COC(=O)N[C@@H](CCSC)C(=O)OCn1c(=O)ccn([C@@H]2O[C@H](COP(=O)(N[C@@H](C)C(=O)OC(C)C)Oc3ccccc3)[C@@H](O)[C@@]2(C)F)c1=O.